The molecular weight excluding hydrogens is 229 g/mol. The van der Waals surface area contributed by atoms with E-state index in [1.165, 1.54) is 12.1 Å². The van der Waals surface area contributed by atoms with Crippen LogP contribution in [0.1, 0.15) is 23.2 Å². The molecule has 17 heavy (non-hydrogen) atoms. The molecular formula is C11H12FNO4. The summed E-state index contributed by atoms with van der Waals surface area (Å²) < 4.78 is 13.0. The van der Waals surface area contributed by atoms with Gasteiger partial charge in [-0.1, -0.05) is 0 Å². The average Bonchev–Trinajstić information content (AvgIpc) is 2.25. The number of anilines is 1. The number of aromatic carboxylic acids is 1. The summed E-state index contributed by atoms with van der Waals surface area (Å²) in [6.07, 6.45) is 0.440. The van der Waals surface area contributed by atoms with Crippen molar-refractivity contribution in [2.75, 3.05) is 11.9 Å². The number of rotatable bonds is 6. The van der Waals surface area contributed by atoms with Crippen LogP contribution in [0.5, 0.6) is 0 Å². The van der Waals surface area contributed by atoms with Crippen molar-refractivity contribution in [1.82, 2.24) is 0 Å². The van der Waals surface area contributed by atoms with Gasteiger partial charge in [-0.05, 0) is 24.6 Å². The van der Waals surface area contributed by atoms with E-state index in [1.807, 2.05) is 0 Å². The van der Waals surface area contributed by atoms with E-state index in [4.69, 9.17) is 10.2 Å². The van der Waals surface area contributed by atoms with Gasteiger partial charge in [0.2, 0.25) is 0 Å². The molecule has 0 spiro atoms. The second-order valence-electron chi connectivity index (χ2n) is 3.42. The van der Waals surface area contributed by atoms with Crippen molar-refractivity contribution in [2.24, 2.45) is 0 Å². The highest BCUT2D eigenvalue weighted by Crippen LogP contribution is 2.14. The van der Waals surface area contributed by atoms with E-state index in [0.29, 0.717) is 18.7 Å². The van der Waals surface area contributed by atoms with E-state index in [2.05, 4.69) is 5.32 Å². The molecule has 1 aromatic rings. The monoisotopic (exact) mass is 241 g/mol. The highest BCUT2D eigenvalue weighted by molar-refractivity contribution is 5.89. The first-order valence-corrected chi connectivity index (χ1v) is 4.99. The van der Waals surface area contributed by atoms with E-state index < -0.39 is 23.3 Å². The van der Waals surface area contributed by atoms with Crippen LogP contribution in [0.3, 0.4) is 0 Å². The lowest BCUT2D eigenvalue weighted by atomic mass is 10.2. The standard InChI is InChI=1S/C11H12FNO4/c12-9-4-3-7(6-8(9)11(16)17)13-5-1-2-10(14)15/h3-4,6,13H,1-2,5H2,(H,14,15)(H,16,17). The predicted molar refractivity (Wildman–Crippen MR) is 58.7 cm³/mol. The molecule has 0 fully saturated rings. The molecule has 0 heterocycles. The van der Waals surface area contributed by atoms with Crippen molar-refractivity contribution in [3.63, 3.8) is 0 Å². The first kappa shape index (κ1) is 13.0. The van der Waals surface area contributed by atoms with Gasteiger partial charge >= 0.3 is 11.9 Å². The number of carboxylic acids is 2. The molecule has 0 atom stereocenters. The second kappa shape index (κ2) is 5.83. The normalized spacial score (nSPS) is 9.94. The van der Waals surface area contributed by atoms with Crippen molar-refractivity contribution in [3.05, 3.63) is 29.6 Å². The van der Waals surface area contributed by atoms with E-state index in [-0.39, 0.29) is 6.42 Å². The zero-order valence-electron chi connectivity index (χ0n) is 8.94. The Morgan fingerprint density at radius 1 is 1.29 bits per heavy atom. The molecule has 1 rings (SSSR count). The Morgan fingerprint density at radius 3 is 2.59 bits per heavy atom. The SMILES string of the molecule is O=C(O)CCCNc1ccc(F)c(C(=O)O)c1. The third kappa shape index (κ3) is 4.10. The van der Waals surface area contributed by atoms with Crippen LogP contribution in [0.25, 0.3) is 0 Å². The summed E-state index contributed by atoms with van der Waals surface area (Å²) in [6.45, 7) is 0.386. The third-order valence-electron chi connectivity index (χ3n) is 2.09. The summed E-state index contributed by atoms with van der Waals surface area (Å²) in [5.74, 6) is -3.03. The van der Waals surface area contributed by atoms with Crippen molar-refractivity contribution in [2.45, 2.75) is 12.8 Å². The molecule has 0 aromatic heterocycles. The molecule has 5 nitrogen and oxygen atoms in total. The molecule has 0 unspecified atom stereocenters. The molecule has 0 aliphatic rings. The number of aliphatic carboxylic acids is 1. The van der Waals surface area contributed by atoms with E-state index >= 15 is 0 Å². The molecule has 0 saturated heterocycles. The average molecular weight is 241 g/mol. The summed E-state index contributed by atoms with van der Waals surface area (Å²) in [7, 11) is 0. The fraction of sp³-hybridized carbons (Fsp3) is 0.273. The molecule has 0 radical (unpaired) electrons. The Bertz CT molecular complexity index is 433. The van der Waals surface area contributed by atoms with Gasteiger partial charge in [0.05, 0.1) is 5.56 Å². The van der Waals surface area contributed by atoms with Crippen LogP contribution >= 0.6 is 0 Å². The summed E-state index contributed by atoms with van der Waals surface area (Å²) in [4.78, 5) is 20.9. The number of halogens is 1. The number of hydrogen-bond acceptors (Lipinski definition) is 3. The van der Waals surface area contributed by atoms with Gasteiger partial charge in [-0.25, -0.2) is 9.18 Å². The first-order valence-electron chi connectivity index (χ1n) is 4.99. The van der Waals surface area contributed by atoms with Crippen molar-refractivity contribution in [1.29, 1.82) is 0 Å². The third-order valence-corrected chi connectivity index (χ3v) is 2.09. The molecule has 0 bridgehead atoms. The number of hydrogen-bond donors (Lipinski definition) is 3. The van der Waals surface area contributed by atoms with Crippen LogP contribution in [-0.2, 0) is 4.79 Å². The molecule has 0 aliphatic heterocycles. The molecule has 0 amide bonds. The fourth-order valence-corrected chi connectivity index (χ4v) is 1.27. The van der Waals surface area contributed by atoms with E-state index in [1.54, 1.807) is 0 Å². The van der Waals surface area contributed by atoms with Crippen LogP contribution < -0.4 is 5.32 Å². The molecule has 0 aliphatic carbocycles. The van der Waals surface area contributed by atoms with Gasteiger partial charge in [0.1, 0.15) is 5.82 Å². The van der Waals surface area contributed by atoms with Gasteiger partial charge in [0, 0.05) is 18.7 Å². The van der Waals surface area contributed by atoms with Crippen molar-refractivity contribution in [3.8, 4) is 0 Å². The minimum absolute atomic E-state index is 0.0278. The maximum atomic E-state index is 13.0. The van der Waals surface area contributed by atoms with Crippen LogP contribution in [-0.4, -0.2) is 28.7 Å². The Hall–Kier alpha value is -2.11. The topological polar surface area (TPSA) is 86.6 Å². The summed E-state index contributed by atoms with van der Waals surface area (Å²) in [5.41, 5.74) is 0.0439. The Kier molecular flexibility index (Phi) is 4.45. The summed E-state index contributed by atoms with van der Waals surface area (Å²) in [5, 5.41) is 19.9. The molecule has 3 N–H and O–H groups in total. The largest absolute Gasteiger partial charge is 0.481 e. The van der Waals surface area contributed by atoms with E-state index in [9.17, 15) is 14.0 Å². The molecule has 6 heteroatoms. The highest BCUT2D eigenvalue weighted by atomic mass is 19.1. The lowest BCUT2D eigenvalue weighted by Gasteiger charge is -2.06. The lowest BCUT2D eigenvalue weighted by Crippen LogP contribution is -2.07. The maximum Gasteiger partial charge on any atom is 0.338 e. The summed E-state index contributed by atoms with van der Waals surface area (Å²) >= 11 is 0. The highest BCUT2D eigenvalue weighted by Gasteiger charge is 2.10. The smallest absolute Gasteiger partial charge is 0.338 e. The number of carbonyl (C=O) groups is 2. The van der Waals surface area contributed by atoms with E-state index in [0.717, 1.165) is 6.07 Å². The Balaban J connectivity index is 2.57. The quantitative estimate of drug-likeness (QED) is 0.661. The summed E-state index contributed by atoms with van der Waals surface area (Å²) in [6, 6.07) is 3.64. The van der Waals surface area contributed by atoms with Crippen molar-refractivity contribution < 1.29 is 24.2 Å². The minimum atomic E-state index is -1.34. The van der Waals surface area contributed by atoms with Crippen LogP contribution in [0.2, 0.25) is 0 Å². The molecule has 0 saturated carbocycles. The number of nitrogens with one attached hydrogen (secondary N) is 1. The Labute approximate surface area is 96.9 Å². The van der Waals surface area contributed by atoms with Crippen LogP contribution in [0, 0.1) is 5.82 Å². The molecule has 1 aromatic carbocycles. The van der Waals surface area contributed by atoms with Gasteiger partial charge in [0.15, 0.2) is 0 Å². The fourth-order valence-electron chi connectivity index (χ4n) is 1.27. The predicted octanol–water partition coefficient (Wildman–Crippen LogP) is 1.80. The van der Waals surface area contributed by atoms with Crippen LogP contribution in [0.4, 0.5) is 10.1 Å². The minimum Gasteiger partial charge on any atom is -0.481 e. The first-order chi connectivity index (χ1) is 8.00. The molecule has 92 valence electrons. The van der Waals surface area contributed by atoms with Gasteiger partial charge in [-0.3, -0.25) is 4.79 Å². The van der Waals surface area contributed by atoms with Gasteiger partial charge in [-0.15, -0.1) is 0 Å². The maximum absolute atomic E-state index is 13.0. The van der Waals surface area contributed by atoms with Crippen LogP contribution in [0.15, 0.2) is 18.2 Å². The number of benzene rings is 1. The number of carboxylic acid groups (broad SMARTS) is 2. The van der Waals surface area contributed by atoms with Gasteiger partial charge < -0.3 is 15.5 Å². The lowest BCUT2D eigenvalue weighted by molar-refractivity contribution is -0.137. The van der Waals surface area contributed by atoms with Gasteiger partial charge in [0.25, 0.3) is 0 Å². The second-order valence-corrected chi connectivity index (χ2v) is 3.42. The Morgan fingerprint density at radius 2 is 2.00 bits per heavy atom. The van der Waals surface area contributed by atoms with Gasteiger partial charge in [-0.2, -0.15) is 0 Å². The zero-order valence-corrected chi connectivity index (χ0v) is 8.94. The zero-order chi connectivity index (χ0) is 12.8. The van der Waals surface area contributed by atoms with Crippen molar-refractivity contribution >= 4 is 17.6 Å².